The van der Waals surface area contributed by atoms with Crippen LogP contribution >= 0.6 is 0 Å². The van der Waals surface area contributed by atoms with Gasteiger partial charge in [-0.25, -0.2) is 0 Å². The SMILES string of the molecule is CCCCCCCCCCC1(C)CC1.CCCCCCCCCCCC(C)CC.CCCCCCCCCCCCC1(C)CC1. The quantitative estimate of drug-likeness (QED) is 0.0667. The zero-order valence-corrected chi connectivity index (χ0v) is 33.3. The summed E-state index contributed by atoms with van der Waals surface area (Å²) in [6.45, 7) is 16.5. The Morgan fingerprint density at radius 3 is 0.844 bits per heavy atom. The molecule has 0 aromatic rings. The Morgan fingerprint density at radius 2 is 0.600 bits per heavy atom. The molecule has 0 aromatic heterocycles. The fourth-order valence-corrected chi connectivity index (χ4v) is 6.66. The highest BCUT2D eigenvalue weighted by Crippen LogP contribution is 2.49. The maximum Gasteiger partial charge on any atom is -0.0325 e. The molecular weight excluding hydrogens is 540 g/mol. The number of unbranched alkanes of at least 4 members (excludes halogenated alkanes) is 24. The Morgan fingerprint density at radius 1 is 0.356 bits per heavy atom. The maximum absolute atomic E-state index is 2.46. The average molecular weight is 633 g/mol. The first-order valence-corrected chi connectivity index (χ1v) is 21.8. The zero-order valence-electron chi connectivity index (χ0n) is 33.3. The summed E-state index contributed by atoms with van der Waals surface area (Å²) in [5.74, 6) is 0.953. The molecule has 2 fully saturated rings. The summed E-state index contributed by atoms with van der Waals surface area (Å²) >= 11 is 0. The third kappa shape index (κ3) is 35.1. The molecule has 2 rings (SSSR count). The highest BCUT2D eigenvalue weighted by Gasteiger charge is 2.36. The number of hydrogen-bond acceptors (Lipinski definition) is 0. The first-order chi connectivity index (χ1) is 21.8. The van der Waals surface area contributed by atoms with E-state index in [4.69, 9.17) is 0 Å². The van der Waals surface area contributed by atoms with E-state index in [2.05, 4.69) is 48.5 Å². The van der Waals surface area contributed by atoms with Crippen molar-refractivity contribution in [2.45, 2.75) is 273 Å². The summed E-state index contributed by atoms with van der Waals surface area (Å²) in [6.07, 6.45) is 51.3. The molecule has 0 nitrogen and oxygen atoms in total. The molecular formula is C45H92. The summed E-state index contributed by atoms with van der Waals surface area (Å²) in [5.41, 5.74) is 1.59. The predicted octanol–water partition coefficient (Wildman–Crippen LogP) is 17.4. The van der Waals surface area contributed by atoms with Crippen LogP contribution in [-0.2, 0) is 0 Å². The van der Waals surface area contributed by atoms with Crippen molar-refractivity contribution < 1.29 is 0 Å². The van der Waals surface area contributed by atoms with Gasteiger partial charge >= 0.3 is 0 Å². The molecule has 0 amide bonds. The van der Waals surface area contributed by atoms with Crippen LogP contribution in [0.5, 0.6) is 0 Å². The van der Waals surface area contributed by atoms with Crippen LogP contribution in [0.4, 0.5) is 0 Å². The molecule has 0 heteroatoms. The van der Waals surface area contributed by atoms with E-state index in [0.717, 1.165) is 16.7 Å². The molecule has 0 bridgehead atoms. The van der Waals surface area contributed by atoms with Crippen LogP contribution in [0, 0.1) is 16.7 Å². The van der Waals surface area contributed by atoms with Crippen LogP contribution in [0.3, 0.4) is 0 Å². The first-order valence-electron chi connectivity index (χ1n) is 21.8. The van der Waals surface area contributed by atoms with Crippen LogP contribution in [0.1, 0.15) is 273 Å². The van der Waals surface area contributed by atoms with E-state index in [1.165, 1.54) is 225 Å². The standard InChI is InChI=1S/C16H32.C15H32.C14H28/c1-3-4-5-6-7-8-9-10-11-12-13-16(2)14-15-16;1-4-6-7-8-9-10-11-12-13-14-15(3)5-2;1-3-4-5-6-7-8-9-10-11-14(2)12-13-14/h3-15H2,1-2H3;15H,4-14H2,1-3H3;3-13H2,1-2H3. The molecule has 0 spiro atoms. The smallest absolute Gasteiger partial charge is 0.0325 e. The Bertz CT molecular complexity index is 552. The van der Waals surface area contributed by atoms with Crippen LogP contribution in [0.2, 0.25) is 0 Å². The lowest BCUT2D eigenvalue weighted by Crippen LogP contribution is -1.92. The normalized spacial score (nSPS) is 16.3. The van der Waals surface area contributed by atoms with Crippen molar-refractivity contribution in [3.05, 3.63) is 0 Å². The predicted molar refractivity (Wildman–Crippen MR) is 210 cm³/mol. The second kappa shape index (κ2) is 32.5. The van der Waals surface area contributed by atoms with Crippen molar-refractivity contribution in [3.63, 3.8) is 0 Å². The fraction of sp³-hybridized carbons (Fsp3) is 1.00. The molecule has 45 heavy (non-hydrogen) atoms. The van der Waals surface area contributed by atoms with Gasteiger partial charge in [-0.15, -0.1) is 0 Å². The topological polar surface area (TPSA) is 0 Å². The lowest BCUT2D eigenvalue weighted by Gasteiger charge is -2.07. The van der Waals surface area contributed by atoms with E-state index >= 15 is 0 Å². The fourth-order valence-electron chi connectivity index (χ4n) is 6.66. The van der Waals surface area contributed by atoms with Crippen molar-refractivity contribution in [1.29, 1.82) is 0 Å². The van der Waals surface area contributed by atoms with Crippen molar-refractivity contribution in [3.8, 4) is 0 Å². The number of rotatable bonds is 31. The van der Waals surface area contributed by atoms with Gasteiger partial charge in [-0.3, -0.25) is 0 Å². The minimum absolute atomic E-state index is 0.792. The van der Waals surface area contributed by atoms with E-state index in [1.54, 1.807) is 0 Å². The van der Waals surface area contributed by atoms with Crippen molar-refractivity contribution in [2.24, 2.45) is 16.7 Å². The van der Waals surface area contributed by atoms with Crippen LogP contribution in [0.15, 0.2) is 0 Å². The summed E-state index contributed by atoms with van der Waals surface area (Å²) in [7, 11) is 0. The van der Waals surface area contributed by atoms with Gasteiger partial charge in [0.15, 0.2) is 0 Å². The van der Waals surface area contributed by atoms with Gasteiger partial charge in [0.2, 0.25) is 0 Å². The molecule has 2 saturated carbocycles. The highest BCUT2D eigenvalue weighted by molar-refractivity contribution is 4.88. The summed E-state index contributed by atoms with van der Waals surface area (Å²) in [6, 6.07) is 0. The lowest BCUT2D eigenvalue weighted by molar-refractivity contribution is 0.466. The van der Waals surface area contributed by atoms with Gasteiger partial charge in [0.05, 0.1) is 0 Å². The minimum atomic E-state index is 0.792. The Hall–Kier alpha value is 0. The van der Waals surface area contributed by atoms with E-state index in [-0.39, 0.29) is 0 Å². The molecule has 0 N–H and O–H groups in total. The first kappa shape index (κ1) is 45.0. The monoisotopic (exact) mass is 633 g/mol. The van der Waals surface area contributed by atoms with E-state index in [1.807, 2.05) is 0 Å². The van der Waals surface area contributed by atoms with Gasteiger partial charge in [0.25, 0.3) is 0 Å². The van der Waals surface area contributed by atoms with Gasteiger partial charge in [-0.2, -0.15) is 0 Å². The highest BCUT2D eigenvalue weighted by atomic mass is 14.4. The van der Waals surface area contributed by atoms with Gasteiger partial charge < -0.3 is 0 Å². The van der Waals surface area contributed by atoms with E-state index < -0.39 is 0 Å². The average Bonchev–Trinajstić information content (AvgIpc) is 3.97. The molecule has 2 aliphatic rings. The van der Waals surface area contributed by atoms with Crippen LogP contribution in [0.25, 0.3) is 0 Å². The van der Waals surface area contributed by atoms with Crippen molar-refractivity contribution in [2.75, 3.05) is 0 Å². The van der Waals surface area contributed by atoms with Crippen LogP contribution in [-0.4, -0.2) is 0 Å². The third-order valence-corrected chi connectivity index (χ3v) is 11.5. The maximum atomic E-state index is 2.46. The summed E-state index contributed by atoms with van der Waals surface area (Å²) < 4.78 is 0. The van der Waals surface area contributed by atoms with Crippen molar-refractivity contribution in [1.82, 2.24) is 0 Å². The molecule has 2 aliphatic carbocycles. The lowest BCUT2D eigenvalue weighted by atomic mass is 9.99. The zero-order chi connectivity index (χ0) is 33.3. The Balaban J connectivity index is 0.000000647. The van der Waals surface area contributed by atoms with Crippen LogP contribution < -0.4 is 0 Å². The second-order valence-electron chi connectivity index (χ2n) is 16.9. The molecule has 1 unspecified atom stereocenters. The van der Waals surface area contributed by atoms with E-state index in [9.17, 15) is 0 Å². The van der Waals surface area contributed by atoms with Gasteiger partial charge in [0.1, 0.15) is 0 Å². The third-order valence-electron chi connectivity index (χ3n) is 11.5. The minimum Gasteiger partial charge on any atom is -0.0654 e. The van der Waals surface area contributed by atoms with E-state index in [0.29, 0.717) is 0 Å². The Labute approximate surface area is 289 Å². The molecule has 0 aromatic carbocycles. The molecule has 1 atom stereocenters. The summed E-state index contributed by atoms with van der Waals surface area (Å²) in [4.78, 5) is 0. The molecule has 0 aliphatic heterocycles. The Kier molecular flexibility index (Phi) is 32.5. The molecule has 272 valence electrons. The second-order valence-corrected chi connectivity index (χ2v) is 16.9. The number of hydrogen-bond donors (Lipinski definition) is 0. The molecule has 0 saturated heterocycles. The molecule has 0 heterocycles. The molecule has 0 radical (unpaired) electrons. The van der Waals surface area contributed by atoms with Gasteiger partial charge in [-0.05, 0) is 55.3 Å². The van der Waals surface area contributed by atoms with Gasteiger partial charge in [-0.1, -0.05) is 235 Å². The summed E-state index contributed by atoms with van der Waals surface area (Å²) in [5, 5.41) is 0. The van der Waals surface area contributed by atoms with Gasteiger partial charge in [0, 0.05) is 0 Å². The largest absolute Gasteiger partial charge is 0.0654 e. The van der Waals surface area contributed by atoms with Crippen molar-refractivity contribution >= 4 is 0 Å².